The molecule has 1 unspecified atom stereocenters. The van der Waals surface area contributed by atoms with E-state index in [0.29, 0.717) is 12.2 Å². The zero-order chi connectivity index (χ0) is 12.0. The van der Waals surface area contributed by atoms with E-state index in [1.807, 2.05) is 37.3 Å². The molecule has 0 fully saturated rings. The lowest BCUT2D eigenvalue weighted by atomic mass is 10.1. The molecular formula is C13H16O3. The highest BCUT2D eigenvalue weighted by Crippen LogP contribution is 2.11. The fraction of sp³-hybridized carbons (Fsp3) is 0.308. The normalized spacial score (nSPS) is 13.2. The van der Waals surface area contributed by atoms with E-state index in [1.54, 1.807) is 13.0 Å². The number of aliphatic carboxylic acids is 1. The average Bonchev–Trinajstić information content (AvgIpc) is 2.27. The average molecular weight is 220 g/mol. The van der Waals surface area contributed by atoms with Gasteiger partial charge in [0.25, 0.3) is 0 Å². The van der Waals surface area contributed by atoms with E-state index in [4.69, 9.17) is 9.84 Å². The third kappa shape index (κ3) is 4.17. The highest BCUT2D eigenvalue weighted by Gasteiger charge is 2.04. The van der Waals surface area contributed by atoms with E-state index in [1.165, 1.54) is 0 Å². The van der Waals surface area contributed by atoms with Crippen LogP contribution in [0.4, 0.5) is 0 Å². The molecule has 86 valence electrons. The van der Waals surface area contributed by atoms with Crippen LogP contribution in [0.3, 0.4) is 0 Å². The molecule has 0 aliphatic rings. The molecule has 0 aliphatic heterocycles. The maximum Gasteiger partial charge on any atom is 0.330 e. The third-order valence-corrected chi connectivity index (χ3v) is 2.13. The summed E-state index contributed by atoms with van der Waals surface area (Å²) in [5, 5.41) is 8.71. The van der Waals surface area contributed by atoms with Gasteiger partial charge < -0.3 is 9.84 Å². The Balaban J connectivity index is 2.45. The summed E-state index contributed by atoms with van der Waals surface area (Å²) < 4.78 is 5.51. The maximum absolute atomic E-state index is 10.6. The predicted molar refractivity (Wildman–Crippen MR) is 62.5 cm³/mol. The molecule has 1 rings (SSSR count). The molecule has 0 saturated carbocycles. The molecule has 0 radical (unpaired) electrons. The summed E-state index contributed by atoms with van der Waals surface area (Å²) >= 11 is 0. The van der Waals surface area contributed by atoms with Gasteiger partial charge in [-0.2, -0.15) is 0 Å². The van der Waals surface area contributed by atoms with Crippen molar-refractivity contribution in [1.82, 2.24) is 0 Å². The third-order valence-electron chi connectivity index (χ3n) is 2.13. The van der Waals surface area contributed by atoms with E-state index >= 15 is 0 Å². The second-order valence-electron chi connectivity index (χ2n) is 3.76. The molecule has 0 aliphatic carbocycles. The Hall–Kier alpha value is -1.77. The molecule has 1 atom stereocenters. The molecule has 1 aromatic rings. The summed E-state index contributed by atoms with van der Waals surface area (Å²) in [7, 11) is 0. The van der Waals surface area contributed by atoms with E-state index in [-0.39, 0.29) is 5.92 Å². The minimum atomic E-state index is -0.883. The number of hydrogen-bond acceptors (Lipinski definition) is 2. The van der Waals surface area contributed by atoms with Crippen molar-refractivity contribution in [3.63, 3.8) is 0 Å². The molecule has 1 aromatic carbocycles. The first-order chi connectivity index (χ1) is 7.59. The van der Waals surface area contributed by atoms with Crippen molar-refractivity contribution in [2.45, 2.75) is 13.8 Å². The monoisotopic (exact) mass is 220 g/mol. The van der Waals surface area contributed by atoms with Gasteiger partial charge in [0.05, 0.1) is 6.61 Å². The first-order valence-corrected chi connectivity index (χ1v) is 5.19. The molecule has 16 heavy (non-hydrogen) atoms. The quantitative estimate of drug-likeness (QED) is 0.776. The van der Waals surface area contributed by atoms with Crippen LogP contribution < -0.4 is 4.74 Å². The van der Waals surface area contributed by atoms with Gasteiger partial charge in [0.1, 0.15) is 5.75 Å². The minimum Gasteiger partial charge on any atom is -0.493 e. The molecule has 0 bridgehead atoms. The lowest BCUT2D eigenvalue weighted by Crippen LogP contribution is -2.08. The zero-order valence-electron chi connectivity index (χ0n) is 9.51. The minimum absolute atomic E-state index is 0.0799. The van der Waals surface area contributed by atoms with Crippen LogP contribution in [-0.4, -0.2) is 17.7 Å². The zero-order valence-corrected chi connectivity index (χ0v) is 9.51. The van der Waals surface area contributed by atoms with E-state index in [2.05, 4.69) is 0 Å². The summed E-state index contributed by atoms with van der Waals surface area (Å²) in [6.07, 6.45) is 1.70. The van der Waals surface area contributed by atoms with Gasteiger partial charge in [0, 0.05) is 11.5 Å². The lowest BCUT2D eigenvalue weighted by molar-refractivity contribution is -0.132. The van der Waals surface area contributed by atoms with Crippen molar-refractivity contribution in [2.24, 2.45) is 5.92 Å². The predicted octanol–water partition coefficient (Wildman–Crippen LogP) is 2.73. The largest absolute Gasteiger partial charge is 0.493 e. The standard InChI is InChI=1S/C13H16O3/c1-10(8-11(2)13(14)15)9-16-12-6-4-3-5-7-12/h3-8,10H,9H2,1-2H3,(H,14,15). The molecule has 3 nitrogen and oxygen atoms in total. The SMILES string of the molecule is CC(=CC(C)COc1ccccc1)C(=O)O. The summed E-state index contributed by atoms with van der Waals surface area (Å²) in [4.78, 5) is 10.6. The van der Waals surface area contributed by atoms with Gasteiger partial charge in [0.15, 0.2) is 0 Å². The summed E-state index contributed by atoms with van der Waals surface area (Å²) in [5.74, 6) is -0.00130. The number of carbonyl (C=O) groups is 1. The van der Waals surface area contributed by atoms with Crippen LogP contribution in [-0.2, 0) is 4.79 Å². The van der Waals surface area contributed by atoms with Crippen LogP contribution in [0.15, 0.2) is 42.0 Å². The van der Waals surface area contributed by atoms with Crippen molar-refractivity contribution >= 4 is 5.97 Å². The second-order valence-corrected chi connectivity index (χ2v) is 3.76. The Bertz CT molecular complexity index is 368. The molecule has 3 heteroatoms. The van der Waals surface area contributed by atoms with Gasteiger partial charge in [-0.1, -0.05) is 31.2 Å². The molecule has 0 aromatic heterocycles. The second kappa shape index (κ2) is 5.95. The van der Waals surface area contributed by atoms with Crippen molar-refractivity contribution in [3.05, 3.63) is 42.0 Å². The number of rotatable bonds is 5. The van der Waals surface area contributed by atoms with Crippen molar-refractivity contribution in [3.8, 4) is 5.75 Å². The van der Waals surface area contributed by atoms with Gasteiger partial charge in [0.2, 0.25) is 0 Å². The smallest absolute Gasteiger partial charge is 0.330 e. The topological polar surface area (TPSA) is 46.5 Å². The fourth-order valence-electron chi connectivity index (χ4n) is 1.29. The van der Waals surface area contributed by atoms with Crippen LogP contribution in [0.25, 0.3) is 0 Å². The van der Waals surface area contributed by atoms with Gasteiger partial charge in [-0.25, -0.2) is 4.79 Å². The maximum atomic E-state index is 10.6. The number of benzene rings is 1. The number of para-hydroxylation sites is 1. The van der Waals surface area contributed by atoms with Crippen molar-refractivity contribution < 1.29 is 14.6 Å². The molecule has 0 spiro atoms. The molecule has 0 amide bonds. The summed E-state index contributed by atoms with van der Waals surface area (Å²) in [6.45, 7) is 3.99. The molecule has 1 N–H and O–H groups in total. The number of hydrogen-bond donors (Lipinski definition) is 1. The Morgan fingerprint density at radius 1 is 1.44 bits per heavy atom. The Morgan fingerprint density at radius 3 is 2.62 bits per heavy atom. The van der Waals surface area contributed by atoms with Crippen LogP contribution in [0.2, 0.25) is 0 Å². The first kappa shape index (κ1) is 12.3. The fourth-order valence-corrected chi connectivity index (χ4v) is 1.29. The summed E-state index contributed by atoms with van der Waals surface area (Å²) in [5.41, 5.74) is 0.351. The van der Waals surface area contributed by atoms with E-state index in [9.17, 15) is 4.79 Å². The van der Waals surface area contributed by atoms with E-state index in [0.717, 1.165) is 5.75 Å². The molecule has 0 saturated heterocycles. The van der Waals surface area contributed by atoms with Crippen LogP contribution in [0, 0.1) is 5.92 Å². The van der Waals surface area contributed by atoms with Crippen LogP contribution >= 0.6 is 0 Å². The summed E-state index contributed by atoms with van der Waals surface area (Å²) in [6, 6.07) is 9.47. The Morgan fingerprint density at radius 2 is 2.06 bits per heavy atom. The highest BCUT2D eigenvalue weighted by molar-refractivity contribution is 5.85. The first-order valence-electron chi connectivity index (χ1n) is 5.19. The number of carboxylic acids is 1. The number of carboxylic acid groups (broad SMARTS) is 1. The molecular weight excluding hydrogens is 204 g/mol. The Kier molecular flexibility index (Phi) is 4.58. The van der Waals surface area contributed by atoms with E-state index < -0.39 is 5.97 Å². The van der Waals surface area contributed by atoms with Gasteiger partial charge >= 0.3 is 5.97 Å². The van der Waals surface area contributed by atoms with Gasteiger partial charge in [-0.05, 0) is 19.1 Å². The number of ether oxygens (including phenoxy) is 1. The van der Waals surface area contributed by atoms with Gasteiger partial charge in [-0.3, -0.25) is 0 Å². The van der Waals surface area contributed by atoms with Crippen molar-refractivity contribution in [1.29, 1.82) is 0 Å². The van der Waals surface area contributed by atoms with Crippen LogP contribution in [0.1, 0.15) is 13.8 Å². The molecule has 0 heterocycles. The lowest BCUT2D eigenvalue weighted by Gasteiger charge is -2.09. The van der Waals surface area contributed by atoms with Crippen molar-refractivity contribution in [2.75, 3.05) is 6.61 Å². The highest BCUT2D eigenvalue weighted by atomic mass is 16.5. The van der Waals surface area contributed by atoms with Gasteiger partial charge in [-0.15, -0.1) is 0 Å². The van der Waals surface area contributed by atoms with Crippen LogP contribution in [0.5, 0.6) is 5.75 Å². The Labute approximate surface area is 95.4 Å².